The van der Waals surface area contributed by atoms with Gasteiger partial charge in [-0.15, -0.1) is 0 Å². The topological polar surface area (TPSA) is 20.3 Å². The van der Waals surface area contributed by atoms with E-state index in [0.717, 1.165) is 13.1 Å². The Bertz CT molecular complexity index is 417. The van der Waals surface area contributed by atoms with Crippen molar-refractivity contribution in [2.24, 2.45) is 0 Å². The van der Waals surface area contributed by atoms with Crippen LogP contribution in [-0.4, -0.2) is 29.8 Å². The SMILES string of the molecule is CCCCCN(CCC(=O)c1ccccc1Cl)C(C)C. The number of rotatable bonds is 9. The van der Waals surface area contributed by atoms with E-state index in [2.05, 4.69) is 25.7 Å². The van der Waals surface area contributed by atoms with E-state index in [1.165, 1.54) is 19.3 Å². The number of hydrogen-bond donors (Lipinski definition) is 0. The molecule has 0 bridgehead atoms. The lowest BCUT2D eigenvalue weighted by Crippen LogP contribution is -2.33. The second kappa shape index (κ2) is 9.15. The van der Waals surface area contributed by atoms with Crippen LogP contribution in [0.3, 0.4) is 0 Å². The lowest BCUT2D eigenvalue weighted by Gasteiger charge is -2.26. The Kier molecular flexibility index (Phi) is 7.86. The molecular weight excluding hydrogens is 270 g/mol. The number of carbonyl (C=O) groups excluding carboxylic acids is 1. The number of halogens is 1. The highest BCUT2D eigenvalue weighted by molar-refractivity contribution is 6.33. The maximum atomic E-state index is 12.2. The van der Waals surface area contributed by atoms with Crippen molar-refractivity contribution in [1.29, 1.82) is 0 Å². The van der Waals surface area contributed by atoms with Crippen LogP contribution in [0.2, 0.25) is 5.02 Å². The minimum Gasteiger partial charge on any atom is -0.300 e. The van der Waals surface area contributed by atoms with E-state index >= 15 is 0 Å². The summed E-state index contributed by atoms with van der Waals surface area (Å²) in [6.07, 6.45) is 4.22. The Morgan fingerprint density at radius 3 is 2.50 bits per heavy atom. The van der Waals surface area contributed by atoms with Gasteiger partial charge in [0.15, 0.2) is 5.78 Å². The van der Waals surface area contributed by atoms with Crippen LogP contribution in [0, 0.1) is 0 Å². The molecule has 3 heteroatoms. The number of Topliss-reactive ketones (excluding diaryl/α,β-unsaturated/α-hetero) is 1. The van der Waals surface area contributed by atoms with Gasteiger partial charge in [0.2, 0.25) is 0 Å². The molecule has 1 rings (SSSR count). The summed E-state index contributed by atoms with van der Waals surface area (Å²) >= 11 is 6.06. The van der Waals surface area contributed by atoms with Gasteiger partial charge in [-0.3, -0.25) is 4.79 Å². The van der Waals surface area contributed by atoms with Crippen molar-refractivity contribution in [3.63, 3.8) is 0 Å². The van der Waals surface area contributed by atoms with Crippen LogP contribution in [0.5, 0.6) is 0 Å². The average Bonchev–Trinajstić information content (AvgIpc) is 2.42. The molecule has 112 valence electrons. The van der Waals surface area contributed by atoms with Crippen LogP contribution in [-0.2, 0) is 0 Å². The Balaban J connectivity index is 2.50. The summed E-state index contributed by atoms with van der Waals surface area (Å²) in [6.45, 7) is 8.46. The summed E-state index contributed by atoms with van der Waals surface area (Å²) in [5.41, 5.74) is 0.645. The summed E-state index contributed by atoms with van der Waals surface area (Å²) in [6, 6.07) is 7.77. The fourth-order valence-corrected chi connectivity index (χ4v) is 2.50. The zero-order valence-corrected chi connectivity index (χ0v) is 13.6. The summed E-state index contributed by atoms with van der Waals surface area (Å²) in [5.74, 6) is 0.136. The van der Waals surface area contributed by atoms with E-state index in [1.807, 2.05) is 18.2 Å². The minimum absolute atomic E-state index is 0.136. The number of nitrogens with zero attached hydrogens (tertiary/aromatic N) is 1. The molecule has 0 aliphatic heterocycles. The van der Waals surface area contributed by atoms with Crippen LogP contribution in [0.15, 0.2) is 24.3 Å². The Morgan fingerprint density at radius 1 is 1.20 bits per heavy atom. The van der Waals surface area contributed by atoms with Crippen molar-refractivity contribution in [1.82, 2.24) is 4.90 Å². The zero-order valence-electron chi connectivity index (χ0n) is 12.9. The molecule has 0 atom stereocenters. The number of unbranched alkanes of at least 4 members (excludes halogenated alkanes) is 2. The van der Waals surface area contributed by atoms with Gasteiger partial charge >= 0.3 is 0 Å². The van der Waals surface area contributed by atoms with Gasteiger partial charge in [0, 0.05) is 24.6 Å². The predicted octanol–water partition coefficient (Wildman–Crippen LogP) is 4.81. The van der Waals surface area contributed by atoms with Gasteiger partial charge in [-0.05, 0) is 38.9 Å². The molecule has 0 amide bonds. The first-order valence-corrected chi connectivity index (χ1v) is 7.95. The van der Waals surface area contributed by atoms with Gasteiger partial charge in [0.1, 0.15) is 0 Å². The van der Waals surface area contributed by atoms with Gasteiger partial charge in [-0.2, -0.15) is 0 Å². The summed E-state index contributed by atoms with van der Waals surface area (Å²) in [7, 11) is 0. The van der Waals surface area contributed by atoms with Crippen molar-refractivity contribution < 1.29 is 4.79 Å². The Labute approximate surface area is 128 Å². The maximum absolute atomic E-state index is 12.2. The highest BCUT2D eigenvalue weighted by atomic mass is 35.5. The fourth-order valence-electron chi connectivity index (χ4n) is 2.26. The number of carbonyl (C=O) groups is 1. The first kappa shape index (κ1) is 17.2. The quantitative estimate of drug-likeness (QED) is 0.481. The molecule has 1 aromatic rings. The summed E-state index contributed by atoms with van der Waals surface area (Å²) < 4.78 is 0. The first-order chi connectivity index (χ1) is 9.56. The molecule has 0 aromatic heterocycles. The zero-order chi connectivity index (χ0) is 15.0. The molecule has 0 radical (unpaired) electrons. The molecule has 0 fully saturated rings. The lowest BCUT2D eigenvalue weighted by molar-refractivity contribution is 0.0955. The van der Waals surface area contributed by atoms with E-state index < -0.39 is 0 Å². The molecule has 0 N–H and O–H groups in total. The van der Waals surface area contributed by atoms with E-state index in [9.17, 15) is 4.79 Å². The molecular formula is C17H26ClNO. The third kappa shape index (κ3) is 5.64. The van der Waals surface area contributed by atoms with Crippen molar-refractivity contribution >= 4 is 17.4 Å². The minimum atomic E-state index is 0.136. The Hall–Kier alpha value is -0.860. The van der Waals surface area contributed by atoms with Crippen molar-refractivity contribution in [3.05, 3.63) is 34.9 Å². The largest absolute Gasteiger partial charge is 0.300 e. The van der Waals surface area contributed by atoms with Gasteiger partial charge < -0.3 is 4.90 Å². The third-order valence-electron chi connectivity index (χ3n) is 3.58. The molecule has 20 heavy (non-hydrogen) atoms. The van der Waals surface area contributed by atoms with E-state index in [4.69, 9.17) is 11.6 Å². The molecule has 0 saturated carbocycles. The number of benzene rings is 1. The first-order valence-electron chi connectivity index (χ1n) is 7.58. The van der Waals surface area contributed by atoms with E-state index in [1.54, 1.807) is 6.07 Å². The van der Waals surface area contributed by atoms with Crippen molar-refractivity contribution in [3.8, 4) is 0 Å². The van der Waals surface area contributed by atoms with Gasteiger partial charge in [-0.1, -0.05) is 43.5 Å². The number of ketones is 1. The smallest absolute Gasteiger partial charge is 0.165 e. The normalized spacial score (nSPS) is 11.3. The maximum Gasteiger partial charge on any atom is 0.165 e. The third-order valence-corrected chi connectivity index (χ3v) is 3.91. The molecule has 0 unspecified atom stereocenters. The van der Waals surface area contributed by atoms with Gasteiger partial charge in [-0.25, -0.2) is 0 Å². The molecule has 0 heterocycles. The molecule has 0 aliphatic carbocycles. The molecule has 0 aliphatic rings. The summed E-state index contributed by atoms with van der Waals surface area (Å²) in [4.78, 5) is 14.6. The van der Waals surface area contributed by atoms with Crippen LogP contribution >= 0.6 is 11.6 Å². The second-order valence-corrected chi connectivity index (χ2v) is 5.90. The Morgan fingerprint density at radius 2 is 1.90 bits per heavy atom. The fraction of sp³-hybridized carbons (Fsp3) is 0.588. The highest BCUT2D eigenvalue weighted by Gasteiger charge is 2.14. The predicted molar refractivity (Wildman–Crippen MR) is 86.6 cm³/mol. The molecule has 0 saturated heterocycles. The van der Waals surface area contributed by atoms with E-state index in [-0.39, 0.29) is 5.78 Å². The van der Waals surface area contributed by atoms with Gasteiger partial charge in [0.05, 0.1) is 5.02 Å². The van der Waals surface area contributed by atoms with Crippen molar-refractivity contribution in [2.75, 3.05) is 13.1 Å². The molecule has 1 aromatic carbocycles. The van der Waals surface area contributed by atoms with Crippen LogP contribution in [0.1, 0.15) is 56.8 Å². The van der Waals surface area contributed by atoms with Crippen LogP contribution < -0.4 is 0 Å². The van der Waals surface area contributed by atoms with Crippen LogP contribution in [0.4, 0.5) is 0 Å². The van der Waals surface area contributed by atoms with E-state index in [0.29, 0.717) is 23.0 Å². The second-order valence-electron chi connectivity index (χ2n) is 5.49. The molecule has 0 spiro atoms. The standard InChI is InChI=1S/C17H26ClNO/c1-4-5-8-12-19(14(2)3)13-11-17(20)15-9-6-7-10-16(15)18/h6-7,9-10,14H,4-5,8,11-13H2,1-3H3. The number of hydrogen-bond acceptors (Lipinski definition) is 2. The molecule has 2 nitrogen and oxygen atoms in total. The summed E-state index contributed by atoms with van der Waals surface area (Å²) in [5, 5.41) is 0.555. The highest BCUT2D eigenvalue weighted by Crippen LogP contribution is 2.17. The lowest BCUT2D eigenvalue weighted by atomic mass is 10.1. The van der Waals surface area contributed by atoms with Gasteiger partial charge in [0.25, 0.3) is 0 Å². The monoisotopic (exact) mass is 295 g/mol. The van der Waals surface area contributed by atoms with Crippen molar-refractivity contribution in [2.45, 2.75) is 52.5 Å². The van der Waals surface area contributed by atoms with Crippen LogP contribution in [0.25, 0.3) is 0 Å². The average molecular weight is 296 g/mol.